The van der Waals surface area contributed by atoms with Crippen LogP contribution in [0.15, 0.2) is 0 Å². The molecule has 2 rings (SSSR count). The smallest absolute Gasteiger partial charge is 0.310 e. The van der Waals surface area contributed by atoms with Crippen molar-refractivity contribution in [2.45, 2.75) is 104 Å². The minimum atomic E-state index is -0.977. The third-order valence-electron chi connectivity index (χ3n) is 7.68. The van der Waals surface area contributed by atoms with Crippen molar-refractivity contribution < 1.29 is 19.4 Å². The zero-order chi connectivity index (χ0) is 21.7. The molecule has 3 unspecified atom stereocenters. The van der Waals surface area contributed by atoms with Crippen LogP contribution in [0, 0.1) is 22.2 Å². The number of methoxy groups -OCH3 is 1. The average molecular weight is 410 g/mol. The number of carboxylic acids is 1. The first-order valence-electron chi connectivity index (χ1n) is 11.7. The number of amides is 1. The van der Waals surface area contributed by atoms with Gasteiger partial charge in [-0.3, -0.25) is 9.59 Å². The summed E-state index contributed by atoms with van der Waals surface area (Å²) in [7, 11) is 1.61. The summed E-state index contributed by atoms with van der Waals surface area (Å²) < 4.78 is 5.27. The molecule has 0 heterocycles. The summed E-state index contributed by atoms with van der Waals surface area (Å²) in [6, 6.07) is 0.296. The van der Waals surface area contributed by atoms with Gasteiger partial charge >= 0.3 is 5.97 Å². The molecule has 0 aromatic carbocycles. The van der Waals surface area contributed by atoms with Crippen LogP contribution >= 0.6 is 0 Å². The number of hydrogen-bond donors (Lipinski definition) is 2. The molecule has 29 heavy (non-hydrogen) atoms. The van der Waals surface area contributed by atoms with E-state index < -0.39 is 22.2 Å². The molecule has 5 nitrogen and oxygen atoms in total. The molecule has 2 fully saturated rings. The van der Waals surface area contributed by atoms with Gasteiger partial charge in [-0.25, -0.2) is 0 Å². The number of aliphatic carboxylic acids is 1. The average Bonchev–Trinajstić information content (AvgIpc) is 3.19. The first-order chi connectivity index (χ1) is 13.6. The third kappa shape index (κ3) is 5.53. The van der Waals surface area contributed by atoms with Crippen molar-refractivity contribution in [2.24, 2.45) is 22.2 Å². The fourth-order valence-electron chi connectivity index (χ4n) is 5.34. The van der Waals surface area contributed by atoms with Crippen molar-refractivity contribution in [2.75, 3.05) is 13.7 Å². The van der Waals surface area contributed by atoms with Gasteiger partial charge in [0.2, 0.25) is 5.91 Å². The lowest BCUT2D eigenvalue weighted by molar-refractivity contribution is -0.164. The minimum Gasteiger partial charge on any atom is -0.481 e. The number of carbonyl (C=O) groups is 2. The molecule has 2 aliphatic carbocycles. The number of unbranched alkanes of at least 4 members (excludes halogenated alkanes) is 2. The molecular weight excluding hydrogens is 366 g/mol. The predicted octanol–water partition coefficient (Wildman–Crippen LogP) is 5.18. The number of carbonyl (C=O) groups excluding carboxylic acids is 1. The largest absolute Gasteiger partial charge is 0.481 e. The molecule has 5 heteroatoms. The van der Waals surface area contributed by atoms with Gasteiger partial charge in [-0.05, 0) is 49.9 Å². The van der Waals surface area contributed by atoms with Gasteiger partial charge in [-0.1, -0.05) is 59.8 Å². The van der Waals surface area contributed by atoms with Crippen LogP contribution in [0.3, 0.4) is 0 Å². The molecule has 2 aliphatic rings. The molecule has 0 aromatic rings. The maximum Gasteiger partial charge on any atom is 0.310 e. The second-order valence-electron chi connectivity index (χ2n) is 10.6. The fourth-order valence-corrected chi connectivity index (χ4v) is 5.34. The zero-order valence-electron chi connectivity index (χ0n) is 19.3. The number of rotatable bonds is 12. The highest BCUT2D eigenvalue weighted by Crippen LogP contribution is 2.55. The molecule has 0 radical (unpaired) electrons. The lowest BCUT2D eigenvalue weighted by Gasteiger charge is -2.46. The van der Waals surface area contributed by atoms with E-state index in [1.807, 2.05) is 20.8 Å². The van der Waals surface area contributed by atoms with E-state index in [2.05, 4.69) is 12.2 Å². The highest BCUT2D eigenvalue weighted by Gasteiger charge is 2.56. The molecule has 0 aliphatic heterocycles. The van der Waals surface area contributed by atoms with Crippen LogP contribution in [0.25, 0.3) is 0 Å². The Bertz CT molecular complexity index is 562. The SMILES string of the molecule is CCCCCC1CC1NC(=O)C1(CC(CCOC)(C(=O)O)C(C)(C)C)CCCC1. The fraction of sp³-hybridized carbons (Fsp3) is 0.917. The van der Waals surface area contributed by atoms with E-state index in [0.717, 1.165) is 32.1 Å². The van der Waals surface area contributed by atoms with Gasteiger partial charge in [0.1, 0.15) is 0 Å². The lowest BCUT2D eigenvalue weighted by atomic mass is 9.57. The van der Waals surface area contributed by atoms with Crippen molar-refractivity contribution in [1.82, 2.24) is 5.32 Å². The van der Waals surface area contributed by atoms with Crippen LogP contribution in [0.1, 0.15) is 98.3 Å². The van der Waals surface area contributed by atoms with E-state index in [-0.39, 0.29) is 5.91 Å². The number of hydrogen-bond acceptors (Lipinski definition) is 3. The maximum absolute atomic E-state index is 13.5. The van der Waals surface area contributed by atoms with E-state index in [9.17, 15) is 14.7 Å². The summed E-state index contributed by atoms with van der Waals surface area (Å²) in [5.74, 6) is -0.0837. The highest BCUT2D eigenvalue weighted by atomic mass is 16.5. The van der Waals surface area contributed by atoms with Crippen LogP contribution in [0.2, 0.25) is 0 Å². The molecular formula is C24H43NO4. The Balaban J connectivity index is 2.15. The Hall–Kier alpha value is -1.10. The molecule has 0 spiro atoms. The molecule has 0 bridgehead atoms. The monoisotopic (exact) mass is 409 g/mol. The van der Waals surface area contributed by atoms with Crippen LogP contribution in [-0.4, -0.2) is 36.7 Å². The quantitative estimate of drug-likeness (QED) is 0.436. The summed E-state index contributed by atoms with van der Waals surface area (Å²) in [6.07, 6.45) is 10.4. The maximum atomic E-state index is 13.5. The van der Waals surface area contributed by atoms with Gasteiger partial charge in [0.05, 0.1) is 10.8 Å². The first-order valence-corrected chi connectivity index (χ1v) is 11.7. The summed E-state index contributed by atoms with van der Waals surface area (Å²) in [5.41, 5.74) is -2.00. The Kier molecular flexibility index (Phi) is 8.17. The molecule has 3 atom stereocenters. The Morgan fingerprint density at radius 2 is 1.83 bits per heavy atom. The summed E-state index contributed by atoms with van der Waals surface area (Å²) in [6.45, 7) is 8.57. The second-order valence-corrected chi connectivity index (χ2v) is 10.6. The Labute approximate surface area is 177 Å². The van der Waals surface area contributed by atoms with Gasteiger partial charge in [0, 0.05) is 19.8 Å². The van der Waals surface area contributed by atoms with Crippen molar-refractivity contribution in [3.63, 3.8) is 0 Å². The van der Waals surface area contributed by atoms with Gasteiger partial charge in [-0.2, -0.15) is 0 Å². The van der Waals surface area contributed by atoms with Crippen molar-refractivity contribution in [3.05, 3.63) is 0 Å². The lowest BCUT2D eigenvalue weighted by Crippen LogP contribution is -2.51. The number of carboxylic acid groups (broad SMARTS) is 1. The minimum absolute atomic E-state index is 0.102. The normalized spacial score (nSPS) is 25.4. The third-order valence-corrected chi connectivity index (χ3v) is 7.68. The molecule has 2 saturated carbocycles. The highest BCUT2D eigenvalue weighted by molar-refractivity contribution is 5.85. The van der Waals surface area contributed by atoms with Crippen LogP contribution < -0.4 is 5.32 Å². The Morgan fingerprint density at radius 3 is 2.34 bits per heavy atom. The van der Waals surface area contributed by atoms with Crippen LogP contribution in [0.4, 0.5) is 0 Å². The van der Waals surface area contributed by atoms with E-state index in [1.54, 1.807) is 7.11 Å². The van der Waals surface area contributed by atoms with Crippen molar-refractivity contribution in [1.29, 1.82) is 0 Å². The topological polar surface area (TPSA) is 75.6 Å². The molecule has 168 valence electrons. The van der Waals surface area contributed by atoms with E-state index in [0.29, 0.717) is 31.4 Å². The van der Waals surface area contributed by atoms with Crippen molar-refractivity contribution in [3.8, 4) is 0 Å². The molecule has 2 N–H and O–H groups in total. The molecule has 0 aromatic heterocycles. The van der Waals surface area contributed by atoms with Gasteiger partial charge in [0.15, 0.2) is 0 Å². The zero-order valence-corrected chi connectivity index (χ0v) is 19.3. The Morgan fingerprint density at radius 1 is 1.17 bits per heavy atom. The summed E-state index contributed by atoms with van der Waals surface area (Å²) >= 11 is 0. The van der Waals surface area contributed by atoms with Gasteiger partial charge < -0.3 is 15.2 Å². The molecule has 0 saturated heterocycles. The summed E-state index contributed by atoms with van der Waals surface area (Å²) in [5, 5.41) is 13.6. The standard InChI is InChI=1S/C24H43NO4/c1-6-7-8-11-18-16-19(18)25-20(26)23(12-9-10-13-23)17-24(21(27)28,14-15-29-5)22(2,3)4/h18-19H,6-17H2,1-5H3,(H,25,26)(H,27,28). The van der Waals surface area contributed by atoms with Gasteiger partial charge in [0.25, 0.3) is 0 Å². The second kappa shape index (κ2) is 9.80. The number of ether oxygens (including phenoxy) is 1. The van der Waals surface area contributed by atoms with Crippen LogP contribution in [0.5, 0.6) is 0 Å². The van der Waals surface area contributed by atoms with Crippen molar-refractivity contribution >= 4 is 11.9 Å². The van der Waals surface area contributed by atoms with E-state index in [1.165, 1.54) is 25.7 Å². The van der Waals surface area contributed by atoms with Gasteiger partial charge in [-0.15, -0.1) is 0 Å². The van der Waals surface area contributed by atoms with E-state index in [4.69, 9.17) is 4.74 Å². The van der Waals surface area contributed by atoms with E-state index >= 15 is 0 Å². The predicted molar refractivity (Wildman–Crippen MR) is 116 cm³/mol. The summed E-state index contributed by atoms with van der Waals surface area (Å²) in [4.78, 5) is 26.0. The van der Waals surface area contributed by atoms with Crippen LogP contribution in [-0.2, 0) is 14.3 Å². The number of nitrogens with one attached hydrogen (secondary N) is 1. The first kappa shape index (κ1) is 24.2. The molecule has 1 amide bonds.